The second-order valence-electron chi connectivity index (χ2n) is 6.95. The number of thiophene rings is 1. The Morgan fingerprint density at radius 1 is 1.10 bits per heavy atom. The highest BCUT2D eigenvalue weighted by Gasteiger charge is 2.35. The average Bonchev–Trinajstić information content (AvgIpc) is 2.91. The summed E-state index contributed by atoms with van der Waals surface area (Å²) in [5.74, 6) is 0. The lowest BCUT2D eigenvalue weighted by Crippen LogP contribution is -2.47. The van der Waals surface area contributed by atoms with Crippen molar-refractivity contribution in [2.45, 2.75) is 65.7 Å². The lowest BCUT2D eigenvalue weighted by Gasteiger charge is -2.33. The number of rotatable bonds is 8. The molecule has 2 rings (SSSR count). The van der Waals surface area contributed by atoms with Gasteiger partial charge in [0, 0.05) is 23.4 Å². The van der Waals surface area contributed by atoms with Crippen molar-refractivity contribution in [3.8, 4) is 0 Å². The van der Waals surface area contributed by atoms with Gasteiger partial charge in [-0.05, 0) is 29.9 Å². The molecule has 4 heteroatoms. The molecule has 0 aliphatic carbocycles. The largest absolute Gasteiger partial charge is 0.504 e. The molecule has 0 N–H and O–H groups in total. The predicted molar refractivity (Wildman–Crippen MR) is 92.5 cm³/mol. The summed E-state index contributed by atoms with van der Waals surface area (Å²) >= 11 is 1.78. The Morgan fingerprint density at radius 2 is 1.76 bits per heavy atom. The Hall–Kier alpha value is -0.315. The molecule has 1 saturated heterocycles. The Labute approximate surface area is 134 Å². The van der Waals surface area contributed by atoms with Gasteiger partial charge in [0.1, 0.15) is 0 Å². The molecule has 21 heavy (non-hydrogen) atoms. The summed E-state index contributed by atoms with van der Waals surface area (Å²) in [5, 5.41) is 2.17. The standard InChI is InChI=1S/C17H29BO2S/c1-4-5-6-7-8-9-10-15-11-12-21-16(15)18-19-13-17(2,3)14-20-18/h11-12H,4-10,13-14H2,1-3H3. The third-order valence-electron chi connectivity index (χ3n) is 4.05. The summed E-state index contributed by atoms with van der Waals surface area (Å²) in [6.45, 7) is 8.21. The van der Waals surface area contributed by atoms with Crippen molar-refractivity contribution in [2.75, 3.05) is 13.2 Å². The van der Waals surface area contributed by atoms with Gasteiger partial charge < -0.3 is 9.31 Å². The van der Waals surface area contributed by atoms with Gasteiger partial charge >= 0.3 is 7.12 Å². The van der Waals surface area contributed by atoms with Crippen LogP contribution in [0.25, 0.3) is 0 Å². The number of hydrogen-bond acceptors (Lipinski definition) is 3. The van der Waals surface area contributed by atoms with E-state index in [9.17, 15) is 0 Å². The molecule has 0 aromatic carbocycles. The van der Waals surface area contributed by atoms with Gasteiger partial charge in [-0.2, -0.15) is 11.3 Å². The van der Waals surface area contributed by atoms with E-state index in [0.29, 0.717) is 0 Å². The topological polar surface area (TPSA) is 18.5 Å². The lowest BCUT2D eigenvalue weighted by molar-refractivity contribution is 0.0345. The zero-order chi connectivity index (χ0) is 15.1. The highest BCUT2D eigenvalue weighted by molar-refractivity contribution is 7.21. The maximum Gasteiger partial charge on any atom is 0.504 e. The minimum atomic E-state index is -0.131. The molecule has 1 aliphatic rings. The fourth-order valence-corrected chi connectivity index (χ4v) is 3.65. The second-order valence-corrected chi connectivity index (χ2v) is 7.89. The molecule has 0 amide bonds. The Morgan fingerprint density at radius 3 is 2.48 bits per heavy atom. The van der Waals surface area contributed by atoms with E-state index >= 15 is 0 Å². The van der Waals surface area contributed by atoms with Gasteiger partial charge in [-0.1, -0.05) is 52.9 Å². The van der Waals surface area contributed by atoms with Crippen LogP contribution in [0.3, 0.4) is 0 Å². The molecule has 1 aromatic heterocycles. The first-order valence-corrected chi connectivity index (χ1v) is 9.30. The summed E-state index contributed by atoms with van der Waals surface area (Å²) in [6.07, 6.45) is 9.25. The van der Waals surface area contributed by atoms with Gasteiger partial charge in [0.25, 0.3) is 0 Å². The van der Waals surface area contributed by atoms with Crippen LogP contribution in [0.5, 0.6) is 0 Å². The van der Waals surface area contributed by atoms with Crippen LogP contribution >= 0.6 is 11.3 Å². The minimum absolute atomic E-state index is 0.131. The zero-order valence-electron chi connectivity index (χ0n) is 13.8. The number of hydrogen-bond donors (Lipinski definition) is 0. The normalized spacial score (nSPS) is 18.1. The van der Waals surface area contributed by atoms with Crippen LogP contribution in [0.15, 0.2) is 11.4 Å². The molecule has 2 heterocycles. The van der Waals surface area contributed by atoms with Crippen molar-refractivity contribution in [1.82, 2.24) is 0 Å². The molecule has 1 aliphatic heterocycles. The third kappa shape index (κ3) is 5.43. The number of unbranched alkanes of at least 4 members (excludes halogenated alkanes) is 5. The van der Waals surface area contributed by atoms with Crippen LogP contribution in [-0.4, -0.2) is 20.3 Å². The van der Waals surface area contributed by atoms with E-state index in [1.165, 1.54) is 48.9 Å². The lowest BCUT2D eigenvalue weighted by atomic mass is 9.79. The van der Waals surface area contributed by atoms with Crippen LogP contribution in [0, 0.1) is 5.41 Å². The fraction of sp³-hybridized carbons (Fsp3) is 0.765. The van der Waals surface area contributed by atoms with Gasteiger partial charge in [0.2, 0.25) is 0 Å². The smallest absolute Gasteiger partial charge is 0.406 e. The molecule has 0 bridgehead atoms. The summed E-state index contributed by atoms with van der Waals surface area (Å²) < 4.78 is 13.1. The monoisotopic (exact) mass is 308 g/mol. The summed E-state index contributed by atoms with van der Waals surface area (Å²) in [5.41, 5.74) is 1.58. The predicted octanol–water partition coefficient (Wildman–Crippen LogP) is 4.42. The summed E-state index contributed by atoms with van der Waals surface area (Å²) in [6, 6.07) is 2.25. The molecule has 1 fully saturated rings. The molecule has 0 unspecified atom stereocenters. The van der Waals surface area contributed by atoms with Crippen molar-refractivity contribution < 1.29 is 9.31 Å². The fourth-order valence-electron chi connectivity index (χ4n) is 2.70. The van der Waals surface area contributed by atoms with Crippen LogP contribution in [0.2, 0.25) is 0 Å². The van der Waals surface area contributed by atoms with Crippen LogP contribution in [0.1, 0.15) is 64.9 Å². The van der Waals surface area contributed by atoms with Gasteiger partial charge in [0.15, 0.2) is 0 Å². The molecule has 118 valence electrons. The van der Waals surface area contributed by atoms with E-state index < -0.39 is 0 Å². The maximum absolute atomic E-state index is 5.93. The molecule has 0 spiro atoms. The molecular weight excluding hydrogens is 279 g/mol. The maximum atomic E-state index is 5.93. The van der Waals surface area contributed by atoms with Crippen molar-refractivity contribution >= 4 is 23.2 Å². The van der Waals surface area contributed by atoms with Crippen LogP contribution in [-0.2, 0) is 15.7 Å². The summed E-state index contributed by atoms with van der Waals surface area (Å²) in [4.78, 5) is 0. The first-order valence-electron chi connectivity index (χ1n) is 8.42. The highest BCUT2D eigenvalue weighted by Crippen LogP contribution is 2.23. The van der Waals surface area contributed by atoms with Crippen molar-refractivity contribution in [1.29, 1.82) is 0 Å². The van der Waals surface area contributed by atoms with E-state index in [1.54, 1.807) is 11.3 Å². The molecular formula is C17H29BO2S. The molecule has 2 nitrogen and oxygen atoms in total. The minimum Gasteiger partial charge on any atom is -0.406 e. The van der Waals surface area contributed by atoms with E-state index in [4.69, 9.17) is 9.31 Å². The molecule has 0 saturated carbocycles. The first-order chi connectivity index (χ1) is 10.1. The Balaban J connectivity index is 1.77. The van der Waals surface area contributed by atoms with Crippen LogP contribution in [0.4, 0.5) is 0 Å². The summed E-state index contributed by atoms with van der Waals surface area (Å²) in [7, 11) is -0.131. The average molecular weight is 308 g/mol. The van der Waals surface area contributed by atoms with Gasteiger partial charge in [0.05, 0.1) is 0 Å². The van der Waals surface area contributed by atoms with Crippen molar-refractivity contribution in [3.63, 3.8) is 0 Å². The first kappa shape index (κ1) is 17.0. The van der Waals surface area contributed by atoms with Gasteiger partial charge in [-0.25, -0.2) is 0 Å². The van der Waals surface area contributed by atoms with Crippen LogP contribution < -0.4 is 4.78 Å². The quantitative estimate of drug-likeness (QED) is 0.523. The highest BCUT2D eigenvalue weighted by atomic mass is 32.1. The van der Waals surface area contributed by atoms with E-state index in [1.807, 2.05) is 0 Å². The van der Waals surface area contributed by atoms with E-state index in [-0.39, 0.29) is 12.5 Å². The zero-order valence-corrected chi connectivity index (χ0v) is 14.6. The Kier molecular flexibility index (Phi) is 6.78. The SMILES string of the molecule is CCCCCCCCc1ccsc1B1OCC(C)(C)CO1. The van der Waals surface area contributed by atoms with E-state index in [2.05, 4.69) is 32.2 Å². The molecule has 1 aromatic rings. The van der Waals surface area contributed by atoms with Gasteiger partial charge in [-0.15, -0.1) is 0 Å². The Bertz CT molecular complexity index is 407. The van der Waals surface area contributed by atoms with Crippen molar-refractivity contribution in [2.24, 2.45) is 5.41 Å². The third-order valence-corrected chi connectivity index (χ3v) is 5.03. The number of aryl methyl sites for hydroxylation is 1. The second kappa shape index (κ2) is 8.35. The van der Waals surface area contributed by atoms with Gasteiger partial charge in [-0.3, -0.25) is 0 Å². The van der Waals surface area contributed by atoms with Crippen molar-refractivity contribution in [3.05, 3.63) is 17.0 Å². The molecule has 0 atom stereocenters. The van der Waals surface area contributed by atoms with E-state index in [0.717, 1.165) is 19.6 Å². The molecule has 0 radical (unpaired) electrons.